The van der Waals surface area contributed by atoms with Crippen molar-refractivity contribution in [2.75, 3.05) is 40.4 Å². The Bertz CT molecular complexity index is 799. The number of piperazine rings is 1. The lowest BCUT2D eigenvalue weighted by molar-refractivity contribution is -0.131. The molecule has 0 radical (unpaired) electrons. The second-order valence-corrected chi connectivity index (χ2v) is 6.41. The summed E-state index contributed by atoms with van der Waals surface area (Å²) in [5, 5.41) is 0. The quantitative estimate of drug-likeness (QED) is 0.812. The average molecular weight is 368 g/mol. The smallest absolute Gasteiger partial charge is 0.253 e. The number of benzene rings is 2. The Morgan fingerprint density at radius 2 is 1.48 bits per heavy atom. The Hall–Kier alpha value is -3.02. The molecule has 3 rings (SSSR count). The summed E-state index contributed by atoms with van der Waals surface area (Å²) in [6, 6.07) is 14.7. The van der Waals surface area contributed by atoms with E-state index < -0.39 is 0 Å². The lowest BCUT2D eigenvalue weighted by Crippen LogP contribution is -2.51. The Labute approximate surface area is 159 Å². The molecule has 1 heterocycles. The molecule has 27 heavy (non-hydrogen) atoms. The fourth-order valence-corrected chi connectivity index (χ4v) is 3.20. The second kappa shape index (κ2) is 8.58. The zero-order chi connectivity index (χ0) is 19.2. The third-order valence-electron chi connectivity index (χ3n) is 4.74. The zero-order valence-electron chi connectivity index (χ0n) is 15.7. The fourth-order valence-electron chi connectivity index (χ4n) is 3.20. The molecule has 0 unspecified atom stereocenters. The number of hydrogen-bond acceptors (Lipinski definition) is 4. The van der Waals surface area contributed by atoms with Crippen LogP contribution in [-0.2, 0) is 11.2 Å². The molecule has 0 N–H and O–H groups in total. The molecule has 2 aromatic rings. The van der Waals surface area contributed by atoms with Crippen LogP contribution in [0.25, 0.3) is 0 Å². The highest BCUT2D eigenvalue weighted by molar-refractivity contribution is 5.94. The van der Waals surface area contributed by atoms with Crippen LogP contribution in [-0.4, -0.2) is 62.0 Å². The molecule has 6 nitrogen and oxygen atoms in total. The lowest BCUT2D eigenvalue weighted by Gasteiger charge is -2.35. The Balaban J connectivity index is 1.56. The van der Waals surface area contributed by atoms with Gasteiger partial charge in [0, 0.05) is 31.7 Å². The van der Waals surface area contributed by atoms with E-state index in [1.807, 2.05) is 47.4 Å². The van der Waals surface area contributed by atoms with Crippen LogP contribution in [0, 0.1) is 0 Å². The lowest BCUT2D eigenvalue weighted by atomic mass is 10.1. The molecule has 0 atom stereocenters. The van der Waals surface area contributed by atoms with Crippen LogP contribution in [0.2, 0.25) is 0 Å². The van der Waals surface area contributed by atoms with Gasteiger partial charge in [-0.2, -0.15) is 0 Å². The number of amides is 2. The minimum atomic E-state index is 0.0163. The SMILES string of the molecule is COc1ccc(CC(=O)N2CCN(C(=O)c3ccccc3)CC2)cc1OC. The standard InChI is InChI=1S/C21H24N2O4/c1-26-18-9-8-16(14-19(18)27-2)15-20(24)22-10-12-23(13-11-22)21(25)17-6-4-3-5-7-17/h3-9,14H,10-13,15H2,1-2H3. The summed E-state index contributed by atoms with van der Waals surface area (Å²) < 4.78 is 10.5. The van der Waals surface area contributed by atoms with Gasteiger partial charge < -0.3 is 19.3 Å². The normalized spacial score (nSPS) is 14.0. The van der Waals surface area contributed by atoms with Crippen molar-refractivity contribution in [3.05, 3.63) is 59.7 Å². The maximum absolute atomic E-state index is 12.6. The average Bonchev–Trinajstić information content (AvgIpc) is 2.73. The summed E-state index contributed by atoms with van der Waals surface area (Å²) >= 11 is 0. The highest BCUT2D eigenvalue weighted by Gasteiger charge is 2.25. The topological polar surface area (TPSA) is 59.1 Å². The molecule has 0 spiro atoms. The van der Waals surface area contributed by atoms with Gasteiger partial charge >= 0.3 is 0 Å². The summed E-state index contributed by atoms with van der Waals surface area (Å²) in [6.45, 7) is 2.19. The van der Waals surface area contributed by atoms with Gasteiger partial charge in [0.15, 0.2) is 11.5 Å². The summed E-state index contributed by atoms with van der Waals surface area (Å²) in [6.07, 6.45) is 0.299. The summed E-state index contributed by atoms with van der Waals surface area (Å²) in [5.74, 6) is 1.32. The number of hydrogen-bond donors (Lipinski definition) is 0. The first-order valence-electron chi connectivity index (χ1n) is 8.95. The van der Waals surface area contributed by atoms with Gasteiger partial charge in [-0.15, -0.1) is 0 Å². The van der Waals surface area contributed by atoms with Crippen molar-refractivity contribution < 1.29 is 19.1 Å². The van der Waals surface area contributed by atoms with E-state index in [0.29, 0.717) is 49.7 Å². The Kier molecular flexibility index (Phi) is 5.96. The van der Waals surface area contributed by atoms with E-state index in [2.05, 4.69) is 0 Å². The monoisotopic (exact) mass is 368 g/mol. The van der Waals surface area contributed by atoms with E-state index in [-0.39, 0.29) is 11.8 Å². The van der Waals surface area contributed by atoms with Crippen LogP contribution < -0.4 is 9.47 Å². The van der Waals surface area contributed by atoms with E-state index >= 15 is 0 Å². The van der Waals surface area contributed by atoms with Crippen LogP contribution in [0.15, 0.2) is 48.5 Å². The molecule has 0 saturated carbocycles. The maximum atomic E-state index is 12.6. The van der Waals surface area contributed by atoms with Gasteiger partial charge in [-0.05, 0) is 29.8 Å². The van der Waals surface area contributed by atoms with Crippen LogP contribution in [0.5, 0.6) is 11.5 Å². The Morgan fingerprint density at radius 1 is 0.852 bits per heavy atom. The van der Waals surface area contributed by atoms with Crippen molar-refractivity contribution in [1.82, 2.24) is 9.80 Å². The van der Waals surface area contributed by atoms with E-state index in [0.717, 1.165) is 5.56 Å². The van der Waals surface area contributed by atoms with E-state index in [4.69, 9.17) is 9.47 Å². The number of methoxy groups -OCH3 is 2. The predicted octanol–water partition coefficient (Wildman–Crippen LogP) is 2.23. The second-order valence-electron chi connectivity index (χ2n) is 6.41. The van der Waals surface area contributed by atoms with E-state index in [1.165, 1.54) is 0 Å². The molecule has 6 heteroatoms. The van der Waals surface area contributed by atoms with Crippen LogP contribution in [0.3, 0.4) is 0 Å². The molecular weight excluding hydrogens is 344 g/mol. The summed E-state index contributed by atoms with van der Waals surface area (Å²) in [4.78, 5) is 28.7. The third-order valence-corrected chi connectivity index (χ3v) is 4.74. The van der Waals surface area contributed by atoms with Gasteiger partial charge in [0.2, 0.25) is 5.91 Å². The van der Waals surface area contributed by atoms with Crippen molar-refractivity contribution in [2.24, 2.45) is 0 Å². The molecule has 1 aliphatic heterocycles. The van der Waals surface area contributed by atoms with Gasteiger partial charge in [-0.3, -0.25) is 9.59 Å². The molecule has 142 valence electrons. The summed E-state index contributed by atoms with van der Waals surface area (Å²) in [5.41, 5.74) is 1.56. The predicted molar refractivity (Wildman–Crippen MR) is 102 cm³/mol. The molecule has 1 fully saturated rings. The van der Waals surface area contributed by atoms with Gasteiger partial charge in [0.25, 0.3) is 5.91 Å². The minimum absolute atomic E-state index is 0.0163. The number of ether oxygens (including phenoxy) is 2. The molecule has 0 bridgehead atoms. The van der Waals surface area contributed by atoms with Gasteiger partial charge in [0.05, 0.1) is 20.6 Å². The van der Waals surface area contributed by atoms with Crippen LogP contribution in [0.1, 0.15) is 15.9 Å². The largest absolute Gasteiger partial charge is 0.493 e. The highest BCUT2D eigenvalue weighted by atomic mass is 16.5. The molecule has 1 aliphatic rings. The van der Waals surface area contributed by atoms with Crippen molar-refractivity contribution in [3.8, 4) is 11.5 Å². The number of carbonyl (C=O) groups excluding carboxylic acids is 2. The molecular formula is C21H24N2O4. The van der Waals surface area contributed by atoms with Crippen molar-refractivity contribution in [1.29, 1.82) is 0 Å². The van der Waals surface area contributed by atoms with Crippen molar-refractivity contribution in [3.63, 3.8) is 0 Å². The Morgan fingerprint density at radius 3 is 2.11 bits per heavy atom. The molecule has 2 aromatic carbocycles. The van der Waals surface area contributed by atoms with Crippen LogP contribution >= 0.6 is 0 Å². The molecule has 1 saturated heterocycles. The fraction of sp³-hybridized carbons (Fsp3) is 0.333. The third kappa shape index (κ3) is 4.39. The first-order valence-corrected chi connectivity index (χ1v) is 8.95. The maximum Gasteiger partial charge on any atom is 0.253 e. The van der Waals surface area contributed by atoms with Crippen molar-refractivity contribution >= 4 is 11.8 Å². The summed E-state index contributed by atoms with van der Waals surface area (Å²) in [7, 11) is 3.16. The van der Waals surface area contributed by atoms with Gasteiger partial charge in [-0.25, -0.2) is 0 Å². The molecule has 2 amide bonds. The zero-order valence-corrected chi connectivity index (χ0v) is 15.7. The first kappa shape index (κ1) is 18.8. The highest BCUT2D eigenvalue weighted by Crippen LogP contribution is 2.27. The number of nitrogens with zero attached hydrogens (tertiary/aromatic N) is 2. The molecule has 0 aromatic heterocycles. The van der Waals surface area contributed by atoms with Gasteiger partial charge in [0.1, 0.15) is 0 Å². The molecule has 0 aliphatic carbocycles. The first-order chi connectivity index (χ1) is 13.1. The number of carbonyl (C=O) groups is 2. The van der Waals surface area contributed by atoms with E-state index in [1.54, 1.807) is 25.2 Å². The van der Waals surface area contributed by atoms with Crippen LogP contribution in [0.4, 0.5) is 0 Å². The minimum Gasteiger partial charge on any atom is -0.493 e. The number of rotatable bonds is 5. The van der Waals surface area contributed by atoms with E-state index in [9.17, 15) is 9.59 Å². The van der Waals surface area contributed by atoms with Crippen molar-refractivity contribution in [2.45, 2.75) is 6.42 Å². The van der Waals surface area contributed by atoms with Gasteiger partial charge in [-0.1, -0.05) is 24.3 Å².